The summed E-state index contributed by atoms with van der Waals surface area (Å²) in [5.41, 5.74) is 7.03. The molecule has 13 heavy (non-hydrogen) atoms. The van der Waals surface area contributed by atoms with Crippen molar-refractivity contribution < 1.29 is 0 Å². The van der Waals surface area contributed by atoms with Gasteiger partial charge in [-0.25, -0.2) is 4.98 Å². The number of thiazole rings is 1. The van der Waals surface area contributed by atoms with Crippen molar-refractivity contribution in [3.63, 3.8) is 0 Å². The van der Waals surface area contributed by atoms with Crippen molar-refractivity contribution in [2.24, 2.45) is 5.73 Å². The topological polar surface area (TPSA) is 38.9 Å². The standard InChI is InChI=1S/C10H18N2S/c1-7-9(13-8(2)12-7)5-6-10(3,4)11/h5-6,11H2,1-4H3. The molecule has 0 radical (unpaired) electrons. The van der Waals surface area contributed by atoms with Crippen LogP contribution in [-0.4, -0.2) is 10.5 Å². The van der Waals surface area contributed by atoms with E-state index in [2.05, 4.69) is 32.7 Å². The molecule has 1 aromatic heterocycles. The summed E-state index contributed by atoms with van der Waals surface area (Å²) in [5.74, 6) is 0. The number of nitrogens with zero attached hydrogens (tertiary/aromatic N) is 1. The second-order valence-corrected chi connectivity index (χ2v) is 5.52. The highest BCUT2D eigenvalue weighted by molar-refractivity contribution is 7.11. The second kappa shape index (κ2) is 3.76. The predicted octanol–water partition coefficient (Wildman–Crippen LogP) is 2.43. The molecular weight excluding hydrogens is 180 g/mol. The zero-order chi connectivity index (χ0) is 10.1. The smallest absolute Gasteiger partial charge is 0.0900 e. The Morgan fingerprint density at radius 2 is 2.00 bits per heavy atom. The highest BCUT2D eigenvalue weighted by Crippen LogP contribution is 2.20. The molecule has 3 heteroatoms. The maximum Gasteiger partial charge on any atom is 0.0900 e. The number of aryl methyl sites for hydroxylation is 3. The summed E-state index contributed by atoms with van der Waals surface area (Å²) in [6, 6.07) is 0. The Kier molecular flexibility index (Phi) is 3.09. The minimum absolute atomic E-state index is 0.0651. The highest BCUT2D eigenvalue weighted by Gasteiger charge is 2.12. The first-order valence-electron chi connectivity index (χ1n) is 4.60. The van der Waals surface area contributed by atoms with E-state index in [-0.39, 0.29) is 5.54 Å². The van der Waals surface area contributed by atoms with Gasteiger partial charge in [0.05, 0.1) is 10.7 Å². The molecular formula is C10H18N2S. The van der Waals surface area contributed by atoms with Crippen LogP contribution in [0.5, 0.6) is 0 Å². The minimum Gasteiger partial charge on any atom is -0.326 e. The number of hydrogen-bond donors (Lipinski definition) is 1. The van der Waals surface area contributed by atoms with Crippen molar-refractivity contribution in [3.05, 3.63) is 15.6 Å². The Labute approximate surface area is 84.2 Å². The Hall–Kier alpha value is -0.410. The fourth-order valence-corrected chi connectivity index (χ4v) is 2.18. The summed E-state index contributed by atoms with van der Waals surface area (Å²) >= 11 is 1.79. The quantitative estimate of drug-likeness (QED) is 0.810. The maximum absolute atomic E-state index is 5.92. The van der Waals surface area contributed by atoms with Crippen molar-refractivity contribution in [2.45, 2.75) is 46.1 Å². The lowest BCUT2D eigenvalue weighted by molar-refractivity contribution is 0.478. The van der Waals surface area contributed by atoms with E-state index in [9.17, 15) is 0 Å². The van der Waals surface area contributed by atoms with Crippen LogP contribution < -0.4 is 5.73 Å². The lowest BCUT2D eigenvalue weighted by atomic mass is 9.99. The van der Waals surface area contributed by atoms with Crippen LogP contribution in [0.15, 0.2) is 0 Å². The Morgan fingerprint density at radius 3 is 2.38 bits per heavy atom. The molecule has 0 spiro atoms. The molecule has 0 fully saturated rings. The SMILES string of the molecule is Cc1nc(C)c(CCC(C)(C)N)s1. The van der Waals surface area contributed by atoms with E-state index >= 15 is 0 Å². The van der Waals surface area contributed by atoms with Gasteiger partial charge in [0.15, 0.2) is 0 Å². The number of nitrogens with two attached hydrogens (primary N) is 1. The third-order valence-corrected chi connectivity index (χ3v) is 3.13. The molecule has 0 aliphatic heterocycles. The summed E-state index contributed by atoms with van der Waals surface area (Å²) in [6.07, 6.45) is 2.08. The van der Waals surface area contributed by atoms with Gasteiger partial charge < -0.3 is 5.73 Å². The Bertz CT molecular complexity index is 284. The summed E-state index contributed by atoms with van der Waals surface area (Å²) in [5, 5.41) is 1.15. The molecule has 0 aliphatic rings. The zero-order valence-corrected chi connectivity index (χ0v) is 9.66. The maximum atomic E-state index is 5.92. The van der Waals surface area contributed by atoms with Crippen molar-refractivity contribution in [3.8, 4) is 0 Å². The van der Waals surface area contributed by atoms with Crippen LogP contribution in [0.2, 0.25) is 0 Å². The summed E-state index contributed by atoms with van der Waals surface area (Å²) in [6.45, 7) is 8.25. The largest absolute Gasteiger partial charge is 0.326 e. The average Bonchev–Trinajstić information content (AvgIpc) is 2.24. The Balaban J connectivity index is 2.59. The molecule has 2 nitrogen and oxygen atoms in total. The van der Waals surface area contributed by atoms with Gasteiger partial charge in [0.1, 0.15) is 0 Å². The lowest BCUT2D eigenvalue weighted by Crippen LogP contribution is -2.32. The van der Waals surface area contributed by atoms with E-state index in [1.807, 2.05) is 0 Å². The molecule has 0 aromatic carbocycles. The molecule has 2 N–H and O–H groups in total. The number of aromatic nitrogens is 1. The minimum atomic E-state index is -0.0651. The van der Waals surface area contributed by atoms with Gasteiger partial charge in [0.2, 0.25) is 0 Å². The van der Waals surface area contributed by atoms with Crippen LogP contribution in [-0.2, 0) is 6.42 Å². The van der Waals surface area contributed by atoms with Crippen molar-refractivity contribution >= 4 is 11.3 Å². The van der Waals surface area contributed by atoms with Gasteiger partial charge >= 0.3 is 0 Å². The normalized spacial score (nSPS) is 12.1. The van der Waals surface area contributed by atoms with Gasteiger partial charge in [0.25, 0.3) is 0 Å². The van der Waals surface area contributed by atoms with Gasteiger partial charge in [0, 0.05) is 10.4 Å². The molecule has 1 rings (SSSR count). The first-order chi connectivity index (χ1) is 5.88. The second-order valence-electron chi connectivity index (χ2n) is 4.23. The van der Waals surface area contributed by atoms with Gasteiger partial charge in [-0.05, 0) is 40.5 Å². The fraction of sp³-hybridized carbons (Fsp3) is 0.700. The first kappa shape index (κ1) is 10.7. The number of hydrogen-bond acceptors (Lipinski definition) is 3. The van der Waals surface area contributed by atoms with Crippen LogP contribution in [0.25, 0.3) is 0 Å². The molecule has 0 amide bonds. The van der Waals surface area contributed by atoms with Crippen molar-refractivity contribution in [1.82, 2.24) is 4.98 Å². The molecule has 1 aromatic rings. The van der Waals surface area contributed by atoms with Gasteiger partial charge in [-0.15, -0.1) is 11.3 Å². The average molecular weight is 198 g/mol. The van der Waals surface area contributed by atoms with E-state index in [1.165, 1.54) is 10.6 Å². The lowest BCUT2D eigenvalue weighted by Gasteiger charge is -2.17. The molecule has 1 heterocycles. The summed E-state index contributed by atoms with van der Waals surface area (Å²) in [4.78, 5) is 5.77. The van der Waals surface area contributed by atoms with Gasteiger partial charge in [-0.1, -0.05) is 0 Å². The third-order valence-electron chi connectivity index (χ3n) is 2.00. The van der Waals surface area contributed by atoms with E-state index < -0.39 is 0 Å². The molecule has 0 saturated heterocycles. The third kappa shape index (κ3) is 3.44. The molecule has 74 valence electrons. The van der Waals surface area contributed by atoms with Gasteiger partial charge in [-0.3, -0.25) is 0 Å². The monoisotopic (exact) mass is 198 g/mol. The van der Waals surface area contributed by atoms with Crippen LogP contribution in [0, 0.1) is 13.8 Å². The van der Waals surface area contributed by atoms with Crippen molar-refractivity contribution in [1.29, 1.82) is 0 Å². The predicted molar refractivity (Wildman–Crippen MR) is 58.2 cm³/mol. The molecule has 0 atom stereocenters. The molecule has 0 bridgehead atoms. The van der Waals surface area contributed by atoms with Gasteiger partial charge in [-0.2, -0.15) is 0 Å². The van der Waals surface area contributed by atoms with E-state index in [0.29, 0.717) is 0 Å². The number of rotatable bonds is 3. The van der Waals surface area contributed by atoms with Crippen LogP contribution in [0.1, 0.15) is 35.8 Å². The molecule has 0 saturated carbocycles. The fourth-order valence-electron chi connectivity index (χ4n) is 1.24. The Morgan fingerprint density at radius 1 is 1.38 bits per heavy atom. The van der Waals surface area contributed by atoms with Crippen molar-refractivity contribution in [2.75, 3.05) is 0 Å². The van der Waals surface area contributed by atoms with Crippen LogP contribution >= 0.6 is 11.3 Å². The van der Waals surface area contributed by atoms with E-state index in [0.717, 1.165) is 17.8 Å². The van der Waals surface area contributed by atoms with E-state index in [1.54, 1.807) is 11.3 Å². The summed E-state index contributed by atoms with van der Waals surface area (Å²) in [7, 11) is 0. The van der Waals surface area contributed by atoms with Crippen LogP contribution in [0.3, 0.4) is 0 Å². The van der Waals surface area contributed by atoms with Crippen LogP contribution in [0.4, 0.5) is 0 Å². The first-order valence-corrected chi connectivity index (χ1v) is 5.42. The highest BCUT2D eigenvalue weighted by atomic mass is 32.1. The molecule has 0 aliphatic carbocycles. The molecule has 0 unspecified atom stereocenters. The van der Waals surface area contributed by atoms with E-state index in [4.69, 9.17) is 5.73 Å². The zero-order valence-electron chi connectivity index (χ0n) is 8.85. The summed E-state index contributed by atoms with van der Waals surface area (Å²) < 4.78 is 0.